The van der Waals surface area contributed by atoms with E-state index < -0.39 is 12.2 Å². The lowest BCUT2D eigenvalue weighted by atomic mass is 10.1. The first-order valence-electron chi connectivity index (χ1n) is 7.66. The fourth-order valence-corrected chi connectivity index (χ4v) is 2.86. The molecule has 0 spiro atoms. The van der Waals surface area contributed by atoms with E-state index in [0.29, 0.717) is 25.2 Å². The fourth-order valence-electron chi connectivity index (χ4n) is 2.86. The van der Waals surface area contributed by atoms with Crippen LogP contribution in [0.3, 0.4) is 0 Å². The monoisotopic (exact) mass is 317 g/mol. The summed E-state index contributed by atoms with van der Waals surface area (Å²) in [7, 11) is 1.75. The second-order valence-corrected chi connectivity index (χ2v) is 5.86. The second-order valence-electron chi connectivity index (χ2n) is 5.86. The summed E-state index contributed by atoms with van der Waals surface area (Å²) in [5.74, 6) is -0.0198. The molecule has 7 nitrogen and oxygen atoms in total. The molecule has 1 fully saturated rings. The number of benzene rings is 1. The number of hydrogen-bond donors (Lipinski definition) is 1. The van der Waals surface area contributed by atoms with Crippen LogP contribution in [0.4, 0.5) is 9.59 Å². The molecule has 3 amide bonds. The van der Waals surface area contributed by atoms with Crippen molar-refractivity contribution in [1.29, 1.82) is 0 Å². The molecule has 0 radical (unpaired) electrons. The Hall–Kier alpha value is -2.57. The molecular weight excluding hydrogens is 298 g/mol. The highest BCUT2D eigenvalue weighted by Gasteiger charge is 2.25. The summed E-state index contributed by atoms with van der Waals surface area (Å²) in [5, 5.41) is 2.54. The van der Waals surface area contributed by atoms with Gasteiger partial charge in [-0.1, -0.05) is 12.1 Å². The minimum Gasteiger partial charge on any atom is -0.359 e. The average Bonchev–Trinajstić information content (AvgIpc) is 3.15. The minimum atomic E-state index is -0.772. The van der Waals surface area contributed by atoms with Crippen LogP contribution in [-0.2, 0) is 17.8 Å². The maximum absolute atomic E-state index is 11.9. The van der Waals surface area contributed by atoms with Crippen molar-refractivity contribution in [1.82, 2.24) is 15.1 Å². The summed E-state index contributed by atoms with van der Waals surface area (Å²) < 4.78 is 4.75. The first-order chi connectivity index (χ1) is 11.0. The normalized spacial score (nSPS) is 16.5. The lowest BCUT2D eigenvalue weighted by Crippen LogP contribution is -2.34. The predicted molar refractivity (Wildman–Crippen MR) is 81.8 cm³/mol. The number of hydrogen-bond acceptors (Lipinski definition) is 4. The van der Waals surface area contributed by atoms with Crippen LogP contribution >= 0.6 is 0 Å². The van der Waals surface area contributed by atoms with Crippen LogP contribution in [0.2, 0.25) is 0 Å². The molecule has 1 aromatic rings. The topological polar surface area (TPSA) is 79.0 Å². The molecule has 1 N–H and O–H groups in total. The quantitative estimate of drug-likeness (QED) is 0.842. The molecule has 0 bridgehead atoms. The number of ether oxygens (including phenoxy) is 1. The van der Waals surface area contributed by atoms with E-state index >= 15 is 0 Å². The highest BCUT2D eigenvalue weighted by molar-refractivity contribution is 5.98. The Morgan fingerprint density at radius 3 is 2.74 bits per heavy atom. The Morgan fingerprint density at radius 1 is 1.26 bits per heavy atom. The van der Waals surface area contributed by atoms with Gasteiger partial charge in [-0.15, -0.1) is 0 Å². The Morgan fingerprint density at radius 2 is 2.00 bits per heavy atom. The van der Waals surface area contributed by atoms with Gasteiger partial charge in [-0.05, 0) is 30.0 Å². The number of carbonyl (C=O) groups excluding carboxylic acids is 3. The summed E-state index contributed by atoms with van der Waals surface area (Å²) in [4.78, 5) is 38.5. The number of nitrogens with zero attached hydrogens (tertiary/aromatic N) is 2. The zero-order chi connectivity index (χ0) is 16.4. The van der Waals surface area contributed by atoms with Gasteiger partial charge in [0, 0.05) is 38.8 Å². The first kappa shape index (κ1) is 15.3. The molecule has 2 aliphatic heterocycles. The maximum Gasteiger partial charge on any atom is 0.418 e. The Kier molecular flexibility index (Phi) is 4.18. The molecule has 0 aliphatic carbocycles. The molecule has 2 aliphatic rings. The van der Waals surface area contributed by atoms with Gasteiger partial charge in [-0.3, -0.25) is 4.79 Å². The SMILES string of the molecule is CN1Cc2ccc(CNC(=O)OC(=O)N3CCCC3)cc2C1=O. The number of fused-ring (bicyclic) bond motifs is 1. The van der Waals surface area contributed by atoms with E-state index in [0.717, 1.165) is 24.0 Å². The lowest BCUT2D eigenvalue weighted by molar-refractivity contribution is 0.0816. The summed E-state index contributed by atoms with van der Waals surface area (Å²) >= 11 is 0. The van der Waals surface area contributed by atoms with E-state index in [4.69, 9.17) is 4.74 Å². The van der Waals surface area contributed by atoms with Crippen molar-refractivity contribution in [3.8, 4) is 0 Å². The number of carbonyl (C=O) groups is 3. The third kappa shape index (κ3) is 3.28. The van der Waals surface area contributed by atoms with Gasteiger partial charge in [0.25, 0.3) is 5.91 Å². The molecule has 7 heteroatoms. The van der Waals surface area contributed by atoms with Gasteiger partial charge in [0.2, 0.25) is 0 Å². The third-order valence-electron chi connectivity index (χ3n) is 4.14. The minimum absolute atomic E-state index is 0.0198. The zero-order valence-corrected chi connectivity index (χ0v) is 13.0. The number of nitrogens with one attached hydrogen (secondary N) is 1. The predicted octanol–water partition coefficient (Wildman–Crippen LogP) is 1.71. The third-order valence-corrected chi connectivity index (χ3v) is 4.14. The van der Waals surface area contributed by atoms with E-state index in [-0.39, 0.29) is 12.5 Å². The molecule has 0 unspecified atom stereocenters. The highest BCUT2D eigenvalue weighted by Crippen LogP contribution is 2.22. The van der Waals surface area contributed by atoms with Crippen LogP contribution in [-0.4, -0.2) is 48.0 Å². The van der Waals surface area contributed by atoms with E-state index in [1.54, 1.807) is 18.0 Å². The van der Waals surface area contributed by atoms with Crippen molar-refractivity contribution >= 4 is 18.1 Å². The number of alkyl carbamates (subject to hydrolysis) is 1. The lowest BCUT2D eigenvalue weighted by Gasteiger charge is -2.14. The zero-order valence-electron chi connectivity index (χ0n) is 13.0. The molecule has 2 heterocycles. The highest BCUT2D eigenvalue weighted by atomic mass is 16.6. The molecule has 0 aromatic heterocycles. The van der Waals surface area contributed by atoms with E-state index in [1.807, 2.05) is 12.1 Å². The summed E-state index contributed by atoms with van der Waals surface area (Å²) in [6.07, 6.45) is 0.499. The van der Waals surface area contributed by atoms with Gasteiger partial charge in [0.1, 0.15) is 0 Å². The number of rotatable bonds is 2. The van der Waals surface area contributed by atoms with Crippen LogP contribution < -0.4 is 5.32 Å². The summed E-state index contributed by atoms with van der Waals surface area (Å²) in [6, 6.07) is 5.51. The van der Waals surface area contributed by atoms with Crippen LogP contribution in [0.1, 0.15) is 34.3 Å². The van der Waals surface area contributed by atoms with E-state index in [1.165, 1.54) is 4.90 Å². The van der Waals surface area contributed by atoms with Crippen LogP contribution in [0.5, 0.6) is 0 Å². The smallest absolute Gasteiger partial charge is 0.359 e. The Balaban J connectivity index is 1.53. The number of likely N-dealkylation sites (tertiary alicyclic amines) is 1. The fraction of sp³-hybridized carbons (Fsp3) is 0.438. The molecular formula is C16H19N3O4. The standard InChI is InChI=1S/C16H19N3O4/c1-18-10-12-5-4-11(8-13(12)14(18)20)9-17-15(21)23-16(22)19-6-2-3-7-19/h4-5,8H,2-3,6-7,9-10H2,1H3,(H,17,21). The van der Waals surface area contributed by atoms with Crippen molar-refractivity contribution < 1.29 is 19.1 Å². The van der Waals surface area contributed by atoms with E-state index in [2.05, 4.69) is 5.32 Å². The molecule has 23 heavy (non-hydrogen) atoms. The molecule has 3 rings (SSSR count). The second kappa shape index (κ2) is 6.28. The summed E-state index contributed by atoms with van der Waals surface area (Å²) in [5.41, 5.74) is 2.43. The Bertz CT molecular complexity index is 653. The van der Waals surface area contributed by atoms with Crippen molar-refractivity contribution in [2.45, 2.75) is 25.9 Å². The van der Waals surface area contributed by atoms with Crippen LogP contribution in [0.15, 0.2) is 18.2 Å². The van der Waals surface area contributed by atoms with Gasteiger partial charge in [-0.2, -0.15) is 0 Å². The number of amides is 3. The van der Waals surface area contributed by atoms with Gasteiger partial charge in [0.05, 0.1) is 0 Å². The van der Waals surface area contributed by atoms with Gasteiger partial charge >= 0.3 is 12.2 Å². The Labute approximate surface area is 134 Å². The summed E-state index contributed by atoms with van der Waals surface area (Å²) in [6.45, 7) is 2.07. The van der Waals surface area contributed by atoms with E-state index in [9.17, 15) is 14.4 Å². The van der Waals surface area contributed by atoms with Crippen molar-refractivity contribution in [2.75, 3.05) is 20.1 Å². The first-order valence-corrected chi connectivity index (χ1v) is 7.66. The van der Waals surface area contributed by atoms with Gasteiger partial charge < -0.3 is 19.9 Å². The van der Waals surface area contributed by atoms with Gasteiger partial charge in [0.15, 0.2) is 0 Å². The van der Waals surface area contributed by atoms with Crippen molar-refractivity contribution in [3.05, 3.63) is 34.9 Å². The largest absolute Gasteiger partial charge is 0.418 e. The molecule has 1 aromatic carbocycles. The molecule has 1 saturated heterocycles. The molecule has 122 valence electrons. The van der Waals surface area contributed by atoms with Crippen molar-refractivity contribution in [3.63, 3.8) is 0 Å². The molecule has 0 atom stereocenters. The molecule has 0 saturated carbocycles. The average molecular weight is 317 g/mol. The van der Waals surface area contributed by atoms with Crippen molar-refractivity contribution in [2.24, 2.45) is 0 Å². The van der Waals surface area contributed by atoms with Crippen LogP contribution in [0, 0.1) is 0 Å². The maximum atomic E-state index is 11.9. The van der Waals surface area contributed by atoms with Crippen LogP contribution in [0.25, 0.3) is 0 Å². The van der Waals surface area contributed by atoms with Gasteiger partial charge in [-0.25, -0.2) is 9.59 Å².